The molecule has 0 bridgehead atoms. The van der Waals surface area contributed by atoms with Crippen LogP contribution in [0.3, 0.4) is 0 Å². The molecule has 0 atom stereocenters. The molecule has 1 aromatic rings. The highest BCUT2D eigenvalue weighted by molar-refractivity contribution is 8.00. The third kappa shape index (κ3) is 2.01. The Morgan fingerprint density at radius 1 is 1.36 bits per heavy atom. The molecule has 0 amide bonds. The fraction of sp³-hybridized carbons (Fsp3) is 0.300. The highest BCUT2D eigenvalue weighted by Crippen LogP contribution is 2.23. The van der Waals surface area contributed by atoms with Crippen LogP contribution < -0.4 is 9.84 Å². The summed E-state index contributed by atoms with van der Waals surface area (Å²) in [6, 6.07) is 6.31. The van der Waals surface area contributed by atoms with E-state index >= 15 is 0 Å². The van der Waals surface area contributed by atoms with Gasteiger partial charge >= 0.3 is 0 Å². The van der Waals surface area contributed by atoms with Crippen molar-refractivity contribution in [3.8, 4) is 5.75 Å². The summed E-state index contributed by atoms with van der Waals surface area (Å²) in [6.07, 6.45) is 0.286. The smallest absolute Gasteiger partial charge is 0.119 e. The SMILES string of the molecule is O=C([O-])c1ccc(OC2CSC2)cc1. The lowest BCUT2D eigenvalue weighted by atomic mass is 10.2. The van der Waals surface area contributed by atoms with Gasteiger partial charge in [0.05, 0.1) is 5.97 Å². The van der Waals surface area contributed by atoms with Gasteiger partial charge in [-0.1, -0.05) is 0 Å². The van der Waals surface area contributed by atoms with Crippen molar-refractivity contribution >= 4 is 17.7 Å². The molecule has 0 N–H and O–H groups in total. The number of hydrogen-bond acceptors (Lipinski definition) is 4. The average Bonchev–Trinajstić information content (AvgIpc) is 2.12. The lowest BCUT2D eigenvalue weighted by Gasteiger charge is -2.25. The van der Waals surface area contributed by atoms with E-state index in [4.69, 9.17) is 4.74 Å². The molecule has 1 fully saturated rings. The summed E-state index contributed by atoms with van der Waals surface area (Å²) >= 11 is 1.84. The molecule has 0 aromatic heterocycles. The van der Waals surface area contributed by atoms with Crippen LogP contribution in [0.25, 0.3) is 0 Å². The predicted octanol–water partition coefficient (Wildman–Crippen LogP) is 0.544. The summed E-state index contributed by atoms with van der Waals surface area (Å²) in [5.74, 6) is 1.60. The van der Waals surface area contributed by atoms with Crippen molar-refractivity contribution in [1.82, 2.24) is 0 Å². The third-order valence-corrected chi connectivity index (χ3v) is 3.22. The number of rotatable bonds is 3. The Morgan fingerprint density at radius 3 is 2.43 bits per heavy atom. The Bertz CT molecular complexity index is 330. The van der Waals surface area contributed by atoms with Crippen LogP contribution in [-0.2, 0) is 0 Å². The monoisotopic (exact) mass is 209 g/mol. The number of carboxylic acids is 1. The summed E-state index contributed by atoms with van der Waals surface area (Å²) in [5.41, 5.74) is 0.181. The maximum absolute atomic E-state index is 10.4. The number of aromatic carboxylic acids is 1. The highest BCUT2D eigenvalue weighted by Gasteiger charge is 2.19. The largest absolute Gasteiger partial charge is 0.545 e. The van der Waals surface area contributed by atoms with E-state index < -0.39 is 5.97 Å². The van der Waals surface area contributed by atoms with Crippen LogP contribution in [0.1, 0.15) is 10.4 Å². The lowest BCUT2D eigenvalue weighted by molar-refractivity contribution is -0.255. The molecule has 1 aliphatic rings. The standard InChI is InChI=1S/C10H10O3S/c11-10(12)7-1-3-8(4-2-7)13-9-5-14-6-9/h1-4,9H,5-6H2,(H,11,12)/p-1. The van der Waals surface area contributed by atoms with Crippen LogP contribution >= 0.6 is 11.8 Å². The third-order valence-electron chi connectivity index (χ3n) is 2.00. The quantitative estimate of drug-likeness (QED) is 0.729. The zero-order valence-corrected chi connectivity index (χ0v) is 8.25. The van der Waals surface area contributed by atoms with E-state index in [9.17, 15) is 9.90 Å². The lowest BCUT2D eigenvalue weighted by Crippen LogP contribution is -2.31. The number of carbonyl (C=O) groups is 1. The van der Waals surface area contributed by atoms with Crippen LogP contribution in [0.15, 0.2) is 24.3 Å². The summed E-state index contributed by atoms with van der Waals surface area (Å²) in [7, 11) is 0. The average molecular weight is 209 g/mol. The van der Waals surface area contributed by atoms with Gasteiger partial charge in [-0.3, -0.25) is 0 Å². The van der Waals surface area contributed by atoms with Gasteiger partial charge in [0.15, 0.2) is 0 Å². The van der Waals surface area contributed by atoms with Crippen molar-refractivity contribution in [3.63, 3.8) is 0 Å². The van der Waals surface area contributed by atoms with E-state index in [0.29, 0.717) is 0 Å². The Hall–Kier alpha value is -1.16. The molecule has 14 heavy (non-hydrogen) atoms. The van der Waals surface area contributed by atoms with Gasteiger partial charge in [0.2, 0.25) is 0 Å². The number of carboxylic acid groups (broad SMARTS) is 1. The number of ether oxygens (including phenoxy) is 1. The minimum Gasteiger partial charge on any atom is -0.545 e. The molecule has 1 saturated heterocycles. The molecule has 0 spiro atoms. The van der Waals surface area contributed by atoms with E-state index in [0.717, 1.165) is 17.3 Å². The molecular weight excluding hydrogens is 200 g/mol. The van der Waals surface area contributed by atoms with Gasteiger partial charge in [-0.25, -0.2) is 0 Å². The molecule has 1 aromatic carbocycles. The first-order valence-corrected chi connectivity index (χ1v) is 5.47. The number of benzene rings is 1. The van der Waals surface area contributed by atoms with Gasteiger partial charge in [0.1, 0.15) is 11.9 Å². The summed E-state index contributed by atoms with van der Waals surface area (Å²) in [6.45, 7) is 0. The van der Waals surface area contributed by atoms with E-state index in [1.54, 1.807) is 12.1 Å². The maximum atomic E-state index is 10.4. The highest BCUT2D eigenvalue weighted by atomic mass is 32.2. The van der Waals surface area contributed by atoms with E-state index in [1.807, 2.05) is 11.8 Å². The van der Waals surface area contributed by atoms with Crippen molar-refractivity contribution < 1.29 is 14.6 Å². The minimum absolute atomic E-state index is 0.181. The molecule has 4 heteroatoms. The van der Waals surface area contributed by atoms with E-state index in [-0.39, 0.29) is 11.7 Å². The van der Waals surface area contributed by atoms with Crippen molar-refractivity contribution in [2.45, 2.75) is 6.10 Å². The van der Waals surface area contributed by atoms with Crippen molar-refractivity contribution in [2.24, 2.45) is 0 Å². The predicted molar refractivity (Wildman–Crippen MR) is 52.5 cm³/mol. The molecule has 0 aliphatic carbocycles. The zero-order valence-electron chi connectivity index (χ0n) is 7.43. The van der Waals surface area contributed by atoms with Gasteiger partial charge < -0.3 is 14.6 Å². The molecule has 0 saturated carbocycles. The van der Waals surface area contributed by atoms with Crippen molar-refractivity contribution in [2.75, 3.05) is 11.5 Å². The Labute approximate surface area is 86.1 Å². The molecule has 0 radical (unpaired) electrons. The molecule has 0 unspecified atom stereocenters. The summed E-state index contributed by atoms with van der Waals surface area (Å²) in [5, 5.41) is 10.4. The second-order valence-electron chi connectivity index (χ2n) is 3.09. The molecule has 3 nitrogen and oxygen atoms in total. The summed E-state index contributed by atoms with van der Waals surface area (Å²) in [4.78, 5) is 10.4. The topological polar surface area (TPSA) is 49.4 Å². The Balaban J connectivity index is 2.01. The van der Waals surface area contributed by atoms with E-state index in [1.165, 1.54) is 12.1 Å². The van der Waals surface area contributed by atoms with Gasteiger partial charge in [-0.05, 0) is 29.8 Å². The zero-order chi connectivity index (χ0) is 9.97. The first-order valence-electron chi connectivity index (χ1n) is 4.31. The normalized spacial score (nSPS) is 16.0. The number of hydrogen-bond donors (Lipinski definition) is 0. The van der Waals surface area contributed by atoms with Crippen LogP contribution in [0, 0.1) is 0 Å². The van der Waals surface area contributed by atoms with Crippen LogP contribution in [-0.4, -0.2) is 23.6 Å². The van der Waals surface area contributed by atoms with Crippen LogP contribution in [0.5, 0.6) is 5.75 Å². The first kappa shape index (κ1) is 9.40. The Morgan fingerprint density at radius 2 is 2.00 bits per heavy atom. The fourth-order valence-electron chi connectivity index (χ4n) is 1.14. The fourth-order valence-corrected chi connectivity index (χ4v) is 1.71. The number of carbonyl (C=O) groups excluding carboxylic acids is 1. The van der Waals surface area contributed by atoms with Gasteiger partial charge in [0.25, 0.3) is 0 Å². The van der Waals surface area contributed by atoms with Crippen molar-refractivity contribution in [1.29, 1.82) is 0 Å². The molecule has 1 heterocycles. The Kier molecular flexibility index (Phi) is 2.63. The van der Waals surface area contributed by atoms with Gasteiger partial charge in [-0.2, -0.15) is 11.8 Å². The summed E-state index contributed by atoms with van der Waals surface area (Å²) < 4.78 is 5.55. The molecule has 2 rings (SSSR count). The first-order chi connectivity index (χ1) is 6.75. The van der Waals surface area contributed by atoms with Gasteiger partial charge in [0, 0.05) is 11.5 Å². The molecule has 74 valence electrons. The molecular formula is C10H9O3S-. The second-order valence-corrected chi connectivity index (χ2v) is 4.16. The second kappa shape index (κ2) is 3.92. The number of thioether (sulfide) groups is 1. The van der Waals surface area contributed by atoms with Crippen molar-refractivity contribution in [3.05, 3.63) is 29.8 Å². The molecule has 1 aliphatic heterocycles. The minimum atomic E-state index is -1.16. The van der Waals surface area contributed by atoms with Gasteiger partial charge in [-0.15, -0.1) is 0 Å². The van der Waals surface area contributed by atoms with Crippen LogP contribution in [0.2, 0.25) is 0 Å². The van der Waals surface area contributed by atoms with E-state index in [2.05, 4.69) is 0 Å². The maximum Gasteiger partial charge on any atom is 0.119 e. The van der Waals surface area contributed by atoms with Crippen LogP contribution in [0.4, 0.5) is 0 Å².